The fourth-order valence-corrected chi connectivity index (χ4v) is 2.26. The van der Waals surface area contributed by atoms with Crippen molar-refractivity contribution in [3.63, 3.8) is 0 Å². The fourth-order valence-electron chi connectivity index (χ4n) is 2.26. The number of rotatable bonds is 4. The Kier molecular flexibility index (Phi) is 4.87. The van der Waals surface area contributed by atoms with E-state index in [1.165, 1.54) is 12.1 Å². The molecule has 4 nitrogen and oxygen atoms in total. The van der Waals surface area contributed by atoms with Gasteiger partial charge in [0.25, 0.3) is 0 Å². The van der Waals surface area contributed by atoms with Crippen molar-refractivity contribution in [1.29, 1.82) is 0 Å². The van der Waals surface area contributed by atoms with Crippen molar-refractivity contribution in [3.05, 3.63) is 35.6 Å². The summed E-state index contributed by atoms with van der Waals surface area (Å²) in [5.41, 5.74) is 0.477. The van der Waals surface area contributed by atoms with Crippen molar-refractivity contribution in [2.24, 2.45) is 5.92 Å². The normalized spacial score (nSPS) is 18.0. The van der Waals surface area contributed by atoms with Crippen molar-refractivity contribution >= 4 is 5.91 Å². The molecule has 1 unspecified atom stereocenters. The lowest BCUT2D eigenvalue weighted by Crippen LogP contribution is -2.39. The first-order chi connectivity index (χ1) is 9.16. The second-order valence-electron chi connectivity index (χ2n) is 4.84. The first-order valence-corrected chi connectivity index (χ1v) is 6.59. The van der Waals surface area contributed by atoms with Crippen LogP contribution in [0.4, 0.5) is 4.39 Å². The second kappa shape index (κ2) is 6.63. The Balaban J connectivity index is 1.82. The first kappa shape index (κ1) is 14.0. The zero-order chi connectivity index (χ0) is 13.7. The van der Waals surface area contributed by atoms with Gasteiger partial charge in [-0.15, -0.1) is 0 Å². The second-order valence-corrected chi connectivity index (χ2v) is 4.84. The highest BCUT2D eigenvalue weighted by molar-refractivity contribution is 5.78. The molecule has 104 valence electrons. The van der Waals surface area contributed by atoms with Gasteiger partial charge in [-0.25, -0.2) is 4.39 Å². The van der Waals surface area contributed by atoms with Crippen LogP contribution in [-0.2, 0) is 4.79 Å². The Morgan fingerprint density at radius 1 is 1.47 bits per heavy atom. The van der Waals surface area contributed by atoms with Gasteiger partial charge in [0.1, 0.15) is 5.82 Å². The summed E-state index contributed by atoms with van der Waals surface area (Å²) in [4.78, 5) is 11.9. The van der Waals surface area contributed by atoms with Crippen molar-refractivity contribution in [2.75, 3.05) is 19.6 Å². The molecule has 0 spiro atoms. The molecule has 1 aliphatic rings. The van der Waals surface area contributed by atoms with Crippen LogP contribution < -0.4 is 10.6 Å². The maximum Gasteiger partial charge on any atom is 0.223 e. The number of aliphatic hydroxyl groups excluding tert-OH is 1. The molecule has 0 bridgehead atoms. The summed E-state index contributed by atoms with van der Waals surface area (Å²) >= 11 is 0. The van der Waals surface area contributed by atoms with Crippen LogP contribution in [0.15, 0.2) is 24.3 Å². The molecule has 3 N–H and O–H groups in total. The van der Waals surface area contributed by atoms with Crippen LogP contribution in [0.25, 0.3) is 0 Å². The SMILES string of the molecule is O=C(NCC(O)c1cccc(F)c1)C1CCNCC1. The summed E-state index contributed by atoms with van der Waals surface area (Å²) in [6.45, 7) is 1.82. The van der Waals surface area contributed by atoms with E-state index in [1.54, 1.807) is 12.1 Å². The highest BCUT2D eigenvalue weighted by Crippen LogP contribution is 2.15. The summed E-state index contributed by atoms with van der Waals surface area (Å²) in [7, 11) is 0. The Morgan fingerprint density at radius 2 is 2.21 bits per heavy atom. The predicted octanol–water partition coefficient (Wildman–Crippen LogP) is 0.975. The van der Waals surface area contributed by atoms with Gasteiger partial charge in [-0.05, 0) is 43.6 Å². The standard InChI is InChI=1S/C14H19FN2O2/c15-12-3-1-2-11(8-12)13(18)9-17-14(19)10-4-6-16-7-5-10/h1-3,8,10,13,16,18H,4-7,9H2,(H,17,19). The quantitative estimate of drug-likeness (QED) is 0.761. The van der Waals surface area contributed by atoms with Crippen LogP contribution in [0.2, 0.25) is 0 Å². The van der Waals surface area contributed by atoms with Gasteiger partial charge in [0.2, 0.25) is 5.91 Å². The number of carbonyl (C=O) groups is 1. The largest absolute Gasteiger partial charge is 0.387 e. The number of hydrogen-bond acceptors (Lipinski definition) is 3. The third kappa shape index (κ3) is 4.01. The predicted molar refractivity (Wildman–Crippen MR) is 70.0 cm³/mol. The summed E-state index contributed by atoms with van der Waals surface area (Å²) in [5.74, 6) is -0.404. The molecule has 1 saturated heterocycles. The molecule has 1 amide bonds. The van der Waals surface area contributed by atoms with Crippen LogP contribution >= 0.6 is 0 Å². The molecular formula is C14H19FN2O2. The van der Waals surface area contributed by atoms with Crippen LogP contribution in [0, 0.1) is 11.7 Å². The van der Waals surface area contributed by atoms with Gasteiger partial charge in [-0.3, -0.25) is 4.79 Å². The minimum atomic E-state index is -0.874. The zero-order valence-corrected chi connectivity index (χ0v) is 10.7. The minimum Gasteiger partial charge on any atom is -0.387 e. The number of benzene rings is 1. The molecule has 1 aliphatic heterocycles. The summed E-state index contributed by atoms with van der Waals surface area (Å²) < 4.78 is 13.0. The molecule has 1 aromatic carbocycles. The van der Waals surface area contributed by atoms with Crippen LogP contribution in [0.5, 0.6) is 0 Å². The monoisotopic (exact) mass is 266 g/mol. The molecule has 0 saturated carbocycles. The van der Waals surface area contributed by atoms with E-state index in [4.69, 9.17) is 0 Å². The van der Waals surface area contributed by atoms with E-state index in [0.29, 0.717) is 5.56 Å². The molecule has 1 fully saturated rings. The van der Waals surface area contributed by atoms with Gasteiger partial charge >= 0.3 is 0 Å². The Bertz CT molecular complexity index is 433. The molecule has 2 rings (SSSR count). The summed E-state index contributed by atoms with van der Waals surface area (Å²) in [6.07, 6.45) is 0.769. The van der Waals surface area contributed by atoms with Crippen LogP contribution in [0.3, 0.4) is 0 Å². The van der Waals surface area contributed by atoms with E-state index in [0.717, 1.165) is 25.9 Å². The number of nitrogens with one attached hydrogen (secondary N) is 2. The molecule has 1 heterocycles. The maximum absolute atomic E-state index is 13.0. The molecule has 19 heavy (non-hydrogen) atoms. The zero-order valence-electron chi connectivity index (χ0n) is 10.7. The highest BCUT2D eigenvalue weighted by Gasteiger charge is 2.21. The third-order valence-corrected chi connectivity index (χ3v) is 3.41. The van der Waals surface area contributed by atoms with E-state index < -0.39 is 6.10 Å². The number of hydrogen-bond donors (Lipinski definition) is 3. The Hall–Kier alpha value is -1.46. The number of carbonyl (C=O) groups excluding carboxylic acids is 1. The summed E-state index contributed by atoms with van der Waals surface area (Å²) in [5, 5.41) is 15.8. The van der Waals surface area contributed by atoms with Crippen LogP contribution in [-0.4, -0.2) is 30.6 Å². The van der Waals surface area contributed by atoms with E-state index in [-0.39, 0.29) is 24.2 Å². The van der Waals surface area contributed by atoms with Gasteiger partial charge < -0.3 is 15.7 Å². The lowest BCUT2D eigenvalue weighted by molar-refractivity contribution is -0.126. The van der Waals surface area contributed by atoms with Gasteiger partial charge in [0.05, 0.1) is 6.10 Å². The number of aliphatic hydroxyl groups is 1. The lowest BCUT2D eigenvalue weighted by Gasteiger charge is -2.22. The summed E-state index contributed by atoms with van der Waals surface area (Å²) in [6, 6.07) is 5.79. The number of halogens is 1. The van der Waals surface area contributed by atoms with Gasteiger partial charge in [-0.1, -0.05) is 12.1 Å². The van der Waals surface area contributed by atoms with Crippen molar-refractivity contribution in [2.45, 2.75) is 18.9 Å². The van der Waals surface area contributed by atoms with Crippen molar-refractivity contribution in [3.8, 4) is 0 Å². The third-order valence-electron chi connectivity index (χ3n) is 3.41. The number of piperidine rings is 1. The van der Waals surface area contributed by atoms with Gasteiger partial charge in [0, 0.05) is 12.5 Å². The average molecular weight is 266 g/mol. The van der Waals surface area contributed by atoms with Gasteiger partial charge in [0.15, 0.2) is 0 Å². The topological polar surface area (TPSA) is 61.4 Å². The van der Waals surface area contributed by atoms with Crippen molar-refractivity contribution < 1.29 is 14.3 Å². The maximum atomic E-state index is 13.0. The van der Waals surface area contributed by atoms with E-state index in [2.05, 4.69) is 10.6 Å². The van der Waals surface area contributed by atoms with E-state index in [1.807, 2.05) is 0 Å². The Labute approximate surface area is 112 Å². The molecule has 5 heteroatoms. The average Bonchev–Trinajstić information content (AvgIpc) is 2.45. The van der Waals surface area contributed by atoms with Crippen LogP contribution in [0.1, 0.15) is 24.5 Å². The molecule has 1 aromatic rings. The molecule has 0 aliphatic carbocycles. The molecule has 0 radical (unpaired) electrons. The molecule has 1 atom stereocenters. The lowest BCUT2D eigenvalue weighted by atomic mass is 9.97. The van der Waals surface area contributed by atoms with Crippen molar-refractivity contribution in [1.82, 2.24) is 10.6 Å². The fraction of sp³-hybridized carbons (Fsp3) is 0.500. The Morgan fingerprint density at radius 3 is 2.89 bits per heavy atom. The van der Waals surface area contributed by atoms with E-state index >= 15 is 0 Å². The first-order valence-electron chi connectivity index (χ1n) is 6.59. The molecular weight excluding hydrogens is 247 g/mol. The van der Waals surface area contributed by atoms with E-state index in [9.17, 15) is 14.3 Å². The minimum absolute atomic E-state index is 0.0148. The molecule has 0 aromatic heterocycles. The highest BCUT2D eigenvalue weighted by atomic mass is 19.1. The van der Waals surface area contributed by atoms with Gasteiger partial charge in [-0.2, -0.15) is 0 Å². The number of amides is 1. The smallest absolute Gasteiger partial charge is 0.223 e.